The molecule has 1 aliphatic heterocycles. The lowest BCUT2D eigenvalue weighted by Gasteiger charge is -2.30. The quantitative estimate of drug-likeness (QED) is 0.633. The Hall–Kier alpha value is -2.01. The number of methoxy groups -OCH3 is 1. The first-order chi connectivity index (χ1) is 12.7. The van der Waals surface area contributed by atoms with Crippen LogP contribution in [-0.4, -0.2) is 20.3 Å². The molecule has 1 fully saturated rings. The highest BCUT2D eigenvalue weighted by Gasteiger charge is 2.25. The molecule has 3 rings (SSSR count). The Bertz CT molecular complexity index is 736. The van der Waals surface area contributed by atoms with E-state index in [1.165, 1.54) is 0 Å². The van der Waals surface area contributed by atoms with Crippen LogP contribution in [0.25, 0.3) is 11.1 Å². The second-order valence-corrected chi connectivity index (χ2v) is 6.56. The normalized spacial score (nSPS) is 20.1. The molecule has 0 aliphatic carbocycles. The first-order valence-electron chi connectivity index (χ1n) is 8.93. The van der Waals surface area contributed by atoms with Crippen molar-refractivity contribution in [1.82, 2.24) is 0 Å². The molecule has 0 radical (unpaired) electrons. The summed E-state index contributed by atoms with van der Waals surface area (Å²) in [6.07, 6.45) is 3.48. The highest BCUT2D eigenvalue weighted by molar-refractivity contribution is 5.68. The average molecular weight is 356 g/mol. The topological polar surface area (TPSA) is 27.7 Å². The Balaban J connectivity index is 1.79. The van der Waals surface area contributed by atoms with E-state index < -0.39 is 6.29 Å². The Morgan fingerprint density at radius 1 is 1.19 bits per heavy atom. The van der Waals surface area contributed by atoms with Crippen molar-refractivity contribution in [3.63, 3.8) is 0 Å². The van der Waals surface area contributed by atoms with Crippen molar-refractivity contribution in [2.45, 2.75) is 25.7 Å². The number of hydrogen-bond acceptors (Lipinski definition) is 3. The Morgan fingerprint density at radius 2 is 1.96 bits per heavy atom. The van der Waals surface area contributed by atoms with Crippen molar-refractivity contribution >= 4 is 0 Å². The van der Waals surface area contributed by atoms with Gasteiger partial charge in [-0.25, -0.2) is 4.39 Å². The number of rotatable bonds is 7. The van der Waals surface area contributed by atoms with Crippen molar-refractivity contribution < 1.29 is 18.6 Å². The standard InChI is InChI=1S/C22H25FO3/c1-3-4-7-16-13-25-22(26-14-16)20-9-6-5-8-19(20)17-10-11-18(15-24-2)21(23)12-17/h3,5-6,8-12,16,22H,1,4,7,13-15H2,2H3. The summed E-state index contributed by atoms with van der Waals surface area (Å²) in [5, 5.41) is 0. The maximum absolute atomic E-state index is 14.3. The number of hydrogen-bond donors (Lipinski definition) is 0. The van der Waals surface area contributed by atoms with Crippen LogP contribution in [0.1, 0.15) is 30.3 Å². The molecule has 3 nitrogen and oxygen atoms in total. The molecule has 0 N–H and O–H groups in total. The number of ether oxygens (including phenoxy) is 3. The van der Waals surface area contributed by atoms with Crippen LogP contribution >= 0.6 is 0 Å². The van der Waals surface area contributed by atoms with E-state index in [4.69, 9.17) is 14.2 Å². The molecule has 2 aromatic rings. The van der Waals surface area contributed by atoms with Crippen molar-refractivity contribution in [2.24, 2.45) is 5.92 Å². The predicted octanol–water partition coefficient (Wildman–Crippen LogP) is 5.27. The third-order valence-electron chi connectivity index (χ3n) is 4.62. The smallest absolute Gasteiger partial charge is 0.184 e. The van der Waals surface area contributed by atoms with Crippen molar-refractivity contribution in [3.8, 4) is 11.1 Å². The molecule has 26 heavy (non-hydrogen) atoms. The van der Waals surface area contributed by atoms with Gasteiger partial charge in [-0.15, -0.1) is 6.58 Å². The summed E-state index contributed by atoms with van der Waals surface area (Å²) >= 11 is 0. The lowest BCUT2D eigenvalue weighted by atomic mass is 9.97. The molecule has 1 saturated heterocycles. The van der Waals surface area contributed by atoms with E-state index in [1.807, 2.05) is 36.4 Å². The van der Waals surface area contributed by atoms with Gasteiger partial charge in [-0.1, -0.05) is 42.5 Å². The zero-order chi connectivity index (χ0) is 18.4. The molecule has 2 aromatic carbocycles. The Labute approximate surface area is 154 Å². The van der Waals surface area contributed by atoms with Gasteiger partial charge in [0.1, 0.15) is 5.82 Å². The monoisotopic (exact) mass is 356 g/mol. The molecule has 0 atom stereocenters. The molecule has 138 valence electrons. The lowest BCUT2D eigenvalue weighted by molar-refractivity contribution is -0.205. The average Bonchev–Trinajstić information content (AvgIpc) is 2.68. The zero-order valence-corrected chi connectivity index (χ0v) is 15.1. The van der Waals surface area contributed by atoms with Crippen molar-refractivity contribution in [1.29, 1.82) is 0 Å². The molecule has 0 unspecified atom stereocenters. The van der Waals surface area contributed by atoms with Crippen molar-refractivity contribution in [2.75, 3.05) is 20.3 Å². The minimum atomic E-state index is -0.423. The van der Waals surface area contributed by atoms with Gasteiger partial charge in [0.15, 0.2) is 6.29 Å². The van der Waals surface area contributed by atoms with Gasteiger partial charge in [-0.05, 0) is 30.0 Å². The summed E-state index contributed by atoms with van der Waals surface area (Å²) in [5.41, 5.74) is 3.20. The predicted molar refractivity (Wildman–Crippen MR) is 100 cm³/mol. The summed E-state index contributed by atoms with van der Waals surface area (Å²) in [4.78, 5) is 0. The largest absolute Gasteiger partial charge is 0.380 e. The maximum atomic E-state index is 14.3. The number of halogens is 1. The second-order valence-electron chi connectivity index (χ2n) is 6.56. The molecule has 0 saturated carbocycles. The minimum Gasteiger partial charge on any atom is -0.380 e. The fraction of sp³-hybridized carbons (Fsp3) is 0.364. The van der Waals surface area contributed by atoms with E-state index in [9.17, 15) is 4.39 Å². The van der Waals surface area contributed by atoms with E-state index >= 15 is 0 Å². The van der Waals surface area contributed by atoms with Gasteiger partial charge in [0, 0.05) is 24.2 Å². The molecule has 0 bridgehead atoms. The van der Waals surface area contributed by atoms with E-state index in [1.54, 1.807) is 19.2 Å². The number of allylic oxidation sites excluding steroid dienone is 1. The van der Waals surface area contributed by atoms with E-state index in [0.29, 0.717) is 24.7 Å². The third kappa shape index (κ3) is 4.39. The fourth-order valence-electron chi connectivity index (χ4n) is 3.20. The van der Waals surface area contributed by atoms with Crippen molar-refractivity contribution in [3.05, 3.63) is 72.1 Å². The molecule has 1 heterocycles. The van der Waals surface area contributed by atoms with E-state index in [0.717, 1.165) is 29.5 Å². The minimum absolute atomic E-state index is 0.259. The zero-order valence-electron chi connectivity index (χ0n) is 15.1. The molecular formula is C22H25FO3. The SMILES string of the molecule is C=CCCC1COC(c2ccccc2-c2ccc(COC)c(F)c2)OC1. The summed E-state index contributed by atoms with van der Waals surface area (Å²) in [5.74, 6) is 0.122. The van der Waals surface area contributed by atoms with E-state index in [-0.39, 0.29) is 12.4 Å². The van der Waals surface area contributed by atoms with Crippen LogP contribution in [0.2, 0.25) is 0 Å². The molecule has 1 aliphatic rings. The van der Waals surface area contributed by atoms with Crippen LogP contribution in [-0.2, 0) is 20.8 Å². The number of benzene rings is 2. The molecule has 4 heteroatoms. The summed E-state index contributed by atoms with van der Waals surface area (Å²) < 4.78 is 31.3. The molecule has 0 amide bonds. The summed E-state index contributed by atoms with van der Waals surface area (Å²) in [6, 6.07) is 13.1. The highest BCUT2D eigenvalue weighted by Crippen LogP contribution is 2.34. The van der Waals surface area contributed by atoms with Gasteiger partial charge in [0.05, 0.1) is 19.8 Å². The van der Waals surface area contributed by atoms with Crippen LogP contribution in [0.5, 0.6) is 0 Å². The summed E-state index contributed by atoms with van der Waals surface area (Å²) in [7, 11) is 1.56. The van der Waals surface area contributed by atoms with Gasteiger partial charge in [-0.2, -0.15) is 0 Å². The first-order valence-corrected chi connectivity index (χ1v) is 8.93. The fourth-order valence-corrected chi connectivity index (χ4v) is 3.20. The first kappa shape index (κ1) is 18.8. The van der Waals surface area contributed by atoms with Gasteiger partial charge in [0.25, 0.3) is 0 Å². The van der Waals surface area contributed by atoms with Gasteiger partial charge in [0.2, 0.25) is 0 Å². The molecular weight excluding hydrogens is 331 g/mol. The molecule has 0 aromatic heterocycles. The Kier molecular flexibility index (Phi) is 6.56. The van der Waals surface area contributed by atoms with Crippen LogP contribution in [0.15, 0.2) is 55.1 Å². The van der Waals surface area contributed by atoms with Crippen LogP contribution in [0.4, 0.5) is 4.39 Å². The third-order valence-corrected chi connectivity index (χ3v) is 4.62. The van der Waals surface area contributed by atoms with Crippen LogP contribution in [0.3, 0.4) is 0 Å². The second kappa shape index (κ2) is 9.08. The van der Waals surface area contributed by atoms with Crippen LogP contribution < -0.4 is 0 Å². The Morgan fingerprint density at radius 3 is 2.65 bits per heavy atom. The van der Waals surface area contributed by atoms with Crippen LogP contribution in [0, 0.1) is 11.7 Å². The van der Waals surface area contributed by atoms with Gasteiger partial charge < -0.3 is 14.2 Å². The van der Waals surface area contributed by atoms with E-state index in [2.05, 4.69) is 6.58 Å². The van der Waals surface area contributed by atoms with Gasteiger partial charge in [-0.3, -0.25) is 0 Å². The molecule has 0 spiro atoms. The highest BCUT2D eigenvalue weighted by atomic mass is 19.1. The maximum Gasteiger partial charge on any atom is 0.184 e. The summed E-state index contributed by atoms with van der Waals surface area (Å²) in [6.45, 7) is 5.34. The lowest BCUT2D eigenvalue weighted by Crippen LogP contribution is -2.27. The van der Waals surface area contributed by atoms with Gasteiger partial charge >= 0.3 is 0 Å².